The summed E-state index contributed by atoms with van der Waals surface area (Å²) in [4.78, 5) is 0. The quantitative estimate of drug-likeness (QED) is 0.593. The summed E-state index contributed by atoms with van der Waals surface area (Å²) in [6.07, 6.45) is 0. The standard InChI is InChI=1S/C2H4Br2.BrH/c1-2(3)4;/h2H,1H3;1H. The molecule has 0 aliphatic rings. The lowest BCUT2D eigenvalue weighted by atomic mass is 11.0. The molecule has 0 aromatic carbocycles. The van der Waals surface area contributed by atoms with Gasteiger partial charge in [-0.05, 0) is 6.92 Å². The van der Waals surface area contributed by atoms with Gasteiger partial charge in [0.25, 0.3) is 0 Å². The zero-order valence-electron chi connectivity index (χ0n) is 2.74. The number of halogens is 3. The van der Waals surface area contributed by atoms with Gasteiger partial charge in [-0.15, -0.1) is 17.0 Å². The van der Waals surface area contributed by atoms with Crippen LogP contribution in [0, 0.1) is 0 Å². The second-order valence-corrected chi connectivity index (χ2v) is 4.49. The molecule has 0 aromatic heterocycles. The van der Waals surface area contributed by atoms with Gasteiger partial charge in [-0.2, -0.15) is 0 Å². The highest BCUT2D eigenvalue weighted by molar-refractivity contribution is 9.24. The minimum atomic E-state index is 0. The fraction of sp³-hybridized carbons (Fsp3) is 1.00. The van der Waals surface area contributed by atoms with Gasteiger partial charge in [-0.1, -0.05) is 31.9 Å². The first kappa shape index (κ1) is 9.67. The highest BCUT2D eigenvalue weighted by Gasteiger charge is 1.74. The molecule has 0 amide bonds. The summed E-state index contributed by atoms with van der Waals surface area (Å²) >= 11 is 6.38. The van der Waals surface area contributed by atoms with Crippen molar-refractivity contribution in [3.8, 4) is 0 Å². The van der Waals surface area contributed by atoms with Crippen LogP contribution in [0.3, 0.4) is 0 Å². The lowest BCUT2D eigenvalue weighted by Crippen LogP contribution is -1.60. The average molecular weight is 269 g/mol. The number of rotatable bonds is 0. The first-order valence-electron chi connectivity index (χ1n) is 1.01. The van der Waals surface area contributed by atoms with E-state index in [1.54, 1.807) is 0 Å². The number of alkyl halides is 2. The van der Waals surface area contributed by atoms with Crippen molar-refractivity contribution < 1.29 is 0 Å². The molecule has 0 radical (unpaired) electrons. The molecule has 34 valence electrons. The van der Waals surface area contributed by atoms with Crippen LogP contribution >= 0.6 is 48.8 Å². The van der Waals surface area contributed by atoms with Gasteiger partial charge in [0.15, 0.2) is 0 Å². The summed E-state index contributed by atoms with van der Waals surface area (Å²) in [5, 5.41) is 0. The van der Waals surface area contributed by atoms with E-state index in [1.165, 1.54) is 0 Å². The average Bonchev–Trinajstić information content (AvgIpc) is 0.811. The van der Waals surface area contributed by atoms with Crippen LogP contribution in [0.2, 0.25) is 0 Å². The number of hydrogen-bond donors (Lipinski definition) is 0. The first-order valence-corrected chi connectivity index (χ1v) is 2.85. The smallest absolute Gasteiger partial charge is 0.0669 e. The van der Waals surface area contributed by atoms with E-state index >= 15 is 0 Å². The summed E-state index contributed by atoms with van der Waals surface area (Å²) in [6.45, 7) is 2.00. The third kappa shape index (κ3) is 31.0. The third-order valence-electron chi connectivity index (χ3n) is 0. The Morgan fingerprint density at radius 2 is 1.40 bits per heavy atom. The molecule has 0 aliphatic carbocycles. The maximum absolute atomic E-state index is 3.19. The molecule has 3 heteroatoms. The van der Waals surface area contributed by atoms with Gasteiger partial charge < -0.3 is 0 Å². The van der Waals surface area contributed by atoms with Crippen molar-refractivity contribution >= 4 is 48.8 Å². The molecular weight excluding hydrogens is 264 g/mol. The zero-order valence-corrected chi connectivity index (χ0v) is 7.63. The second kappa shape index (κ2) is 5.44. The minimum Gasteiger partial charge on any atom is -0.114 e. The topological polar surface area (TPSA) is 0 Å². The van der Waals surface area contributed by atoms with Crippen molar-refractivity contribution in [2.24, 2.45) is 0 Å². The first-order chi connectivity index (χ1) is 1.73. The van der Waals surface area contributed by atoms with Gasteiger partial charge in [0.05, 0.1) is 3.74 Å². The van der Waals surface area contributed by atoms with Crippen LogP contribution in [0.4, 0.5) is 0 Å². The van der Waals surface area contributed by atoms with Crippen molar-refractivity contribution in [3.05, 3.63) is 0 Å². The van der Waals surface area contributed by atoms with Crippen LogP contribution in [0.5, 0.6) is 0 Å². The Bertz CT molecular complexity index is 9.61. The van der Waals surface area contributed by atoms with E-state index in [1.807, 2.05) is 6.92 Å². The largest absolute Gasteiger partial charge is 0.114 e. The molecule has 0 atom stereocenters. The van der Waals surface area contributed by atoms with Crippen LogP contribution in [-0.4, -0.2) is 3.74 Å². The van der Waals surface area contributed by atoms with Crippen molar-refractivity contribution in [3.63, 3.8) is 0 Å². The lowest BCUT2D eigenvalue weighted by Gasteiger charge is -1.73. The second-order valence-electron chi connectivity index (χ2n) is 0.519. The summed E-state index contributed by atoms with van der Waals surface area (Å²) < 4.78 is 0.458. The van der Waals surface area contributed by atoms with Crippen LogP contribution in [0.25, 0.3) is 0 Å². The maximum atomic E-state index is 3.19. The fourth-order valence-electron chi connectivity index (χ4n) is 0. The van der Waals surface area contributed by atoms with E-state index in [0.29, 0.717) is 3.74 Å². The van der Waals surface area contributed by atoms with Crippen LogP contribution in [-0.2, 0) is 0 Å². The summed E-state index contributed by atoms with van der Waals surface area (Å²) in [7, 11) is 0. The van der Waals surface area contributed by atoms with Gasteiger partial charge in [0.1, 0.15) is 0 Å². The molecule has 0 heterocycles. The molecule has 0 aromatic rings. The predicted molar refractivity (Wildman–Crippen MR) is 37.6 cm³/mol. The molecule has 0 spiro atoms. The van der Waals surface area contributed by atoms with Gasteiger partial charge in [0, 0.05) is 0 Å². The lowest BCUT2D eigenvalue weighted by molar-refractivity contribution is 1.48. The van der Waals surface area contributed by atoms with Crippen molar-refractivity contribution in [2.75, 3.05) is 0 Å². The molecule has 0 aliphatic heterocycles. The zero-order chi connectivity index (χ0) is 3.58. The van der Waals surface area contributed by atoms with Crippen LogP contribution < -0.4 is 0 Å². The van der Waals surface area contributed by atoms with Crippen LogP contribution in [0.1, 0.15) is 6.92 Å². The highest BCUT2D eigenvalue weighted by atomic mass is 79.9. The van der Waals surface area contributed by atoms with E-state index < -0.39 is 0 Å². The van der Waals surface area contributed by atoms with Gasteiger partial charge in [-0.25, -0.2) is 0 Å². The summed E-state index contributed by atoms with van der Waals surface area (Å²) in [6, 6.07) is 0. The van der Waals surface area contributed by atoms with E-state index in [2.05, 4.69) is 31.9 Å². The van der Waals surface area contributed by atoms with E-state index in [-0.39, 0.29) is 17.0 Å². The van der Waals surface area contributed by atoms with Crippen molar-refractivity contribution in [2.45, 2.75) is 10.7 Å². The third-order valence-corrected chi connectivity index (χ3v) is 0. The SMILES string of the molecule is Br.CC(Br)Br. The van der Waals surface area contributed by atoms with Crippen molar-refractivity contribution in [1.29, 1.82) is 0 Å². The Balaban J connectivity index is 0. The molecule has 0 rings (SSSR count). The Labute approximate surface area is 59.4 Å². The Morgan fingerprint density at radius 3 is 1.40 bits per heavy atom. The minimum absolute atomic E-state index is 0. The molecular formula is C2H5Br3. The molecule has 5 heavy (non-hydrogen) atoms. The summed E-state index contributed by atoms with van der Waals surface area (Å²) in [5.41, 5.74) is 0. The molecule has 0 fully saturated rings. The molecule has 0 saturated carbocycles. The van der Waals surface area contributed by atoms with Crippen LogP contribution in [0.15, 0.2) is 0 Å². The molecule has 0 N–H and O–H groups in total. The Morgan fingerprint density at radius 1 is 1.40 bits per heavy atom. The molecule has 0 bridgehead atoms. The Hall–Kier alpha value is 1.44. The van der Waals surface area contributed by atoms with Gasteiger partial charge in [-0.3, -0.25) is 0 Å². The molecule has 0 nitrogen and oxygen atoms in total. The molecule has 0 saturated heterocycles. The summed E-state index contributed by atoms with van der Waals surface area (Å²) in [5.74, 6) is 0. The van der Waals surface area contributed by atoms with Gasteiger partial charge in [0.2, 0.25) is 0 Å². The maximum Gasteiger partial charge on any atom is 0.0669 e. The van der Waals surface area contributed by atoms with E-state index in [4.69, 9.17) is 0 Å². The van der Waals surface area contributed by atoms with Gasteiger partial charge >= 0.3 is 0 Å². The van der Waals surface area contributed by atoms with Crippen molar-refractivity contribution in [1.82, 2.24) is 0 Å². The highest BCUT2D eigenvalue weighted by Crippen LogP contribution is 2.03. The number of hydrogen-bond acceptors (Lipinski definition) is 0. The monoisotopic (exact) mass is 266 g/mol. The van der Waals surface area contributed by atoms with E-state index in [9.17, 15) is 0 Å². The van der Waals surface area contributed by atoms with E-state index in [0.717, 1.165) is 0 Å². The Kier molecular flexibility index (Phi) is 10.5. The normalized spacial score (nSPS) is 7.20. The molecule has 0 unspecified atom stereocenters. The fourth-order valence-corrected chi connectivity index (χ4v) is 0. The predicted octanol–water partition coefficient (Wildman–Crippen LogP) is 2.70.